The molecule has 1 aromatic carbocycles. The van der Waals surface area contributed by atoms with Gasteiger partial charge in [0, 0.05) is 39.3 Å². The van der Waals surface area contributed by atoms with Gasteiger partial charge in [0.25, 0.3) is 5.91 Å². The number of hydrogen-bond donors (Lipinski definition) is 0. The molecule has 0 radical (unpaired) electrons. The molecule has 1 aromatic rings. The lowest BCUT2D eigenvalue weighted by atomic mass is 10.1. The van der Waals surface area contributed by atoms with Gasteiger partial charge in [0.1, 0.15) is 5.75 Å². The van der Waals surface area contributed by atoms with Crippen LogP contribution in [0.3, 0.4) is 0 Å². The normalized spacial score (nSPS) is 9.79. The van der Waals surface area contributed by atoms with Gasteiger partial charge in [-0.2, -0.15) is 4.99 Å². The number of guanidine groups is 1. The van der Waals surface area contributed by atoms with Crippen LogP contribution in [0.2, 0.25) is 0 Å². The van der Waals surface area contributed by atoms with Gasteiger partial charge >= 0.3 is 0 Å². The predicted octanol–water partition coefficient (Wildman–Crippen LogP) is 1.62. The summed E-state index contributed by atoms with van der Waals surface area (Å²) in [5.74, 6) is 1.03. The summed E-state index contributed by atoms with van der Waals surface area (Å²) in [6.07, 6.45) is 0. The molecule has 5 heteroatoms. The lowest BCUT2D eigenvalue weighted by Crippen LogP contribution is -2.36. The quantitative estimate of drug-likeness (QED) is 0.601. The molecule has 0 saturated carbocycles. The highest BCUT2D eigenvalue weighted by molar-refractivity contribution is 6.03. The van der Waals surface area contributed by atoms with Crippen molar-refractivity contribution in [3.8, 4) is 5.75 Å². The minimum absolute atomic E-state index is 0.270. The zero-order valence-electron chi connectivity index (χ0n) is 12.4. The van der Waals surface area contributed by atoms with Crippen molar-refractivity contribution in [1.82, 2.24) is 9.80 Å². The van der Waals surface area contributed by atoms with Crippen molar-refractivity contribution in [3.05, 3.63) is 29.3 Å². The van der Waals surface area contributed by atoms with Gasteiger partial charge < -0.3 is 14.5 Å². The summed E-state index contributed by atoms with van der Waals surface area (Å²) < 4.78 is 5.21. The van der Waals surface area contributed by atoms with Crippen molar-refractivity contribution in [2.75, 3.05) is 35.3 Å². The average Bonchev–Trinajstić information content (AvgIpc) is 2.35. The smallest absolute Gasteiger partial charge is 0.280 e. The number of methoxy groups -OCH3 is 1. The van der Waals surface area contributed by atoms with Crippen LogP contribution in [0.4, 0.5) is 0 Å². The van der Waals surface area contributed by atoms with E-state index in [-0.39, 0.29) is 5.91 Å². The van der Waals surface area contributed by atoms with E-state index >= 15 is 0 Å². The summed E-state index contributed by atoms with van der Waals surface area (Å²) in [6.45, 7) is 1.85. The molecule has 0 aromatic heterocycles. The van der Waals surface area contributed by atoms with Crippen LogP contribution in [0, 0.1) is 6.92 Å². The number of nitrogens with zero attached hydrogens (tertiary/aromatic N) is 3. The number of benzene rings is 1. The zero-order chi connectivity index (χ0) is 14.6. The third-order valence-corrected chi connectivity index (χ3v) is 2.74. The Labute approximate surface area is 114 Å². The Morgan fingerprint density at radius 1 is 1.16 bits per heavy atom. The Bertz CT molecular complexity index is 483. The van der Waals surface area contributed by atoms with Crippen LogP contribution < -0.4 is 4.74 Å². The second-order valence-corrected chi connectivity index (χ2v) is 4.64. The summed E-state index contributed by atoms with van der Waals surface area (Å²) in [5.41, 5.74) is 1.36. The Hall–Kier alpha value is -2.04. The second kappa shape index (κ2) is 6.22. The van der Waals surface area contributed by atoms with Crippen LogP contribution in [0.5, 0.6) is 5.75 Å². The van der Waals surface area contributed by atoms with E-state index in [1.807, 2.05) is 41.2 Å². The molecule has 0 atom stereocenters. The Balaban J connectivity index is 3.17. The molecule has 0 bridgehead atoms. The lowest BCUT2D eigenvalue weighted by Gasteiger charge is -2.22. The summed E-state index contributed by atoms with van der Waals surface area (Å²) in [6, 6.07) is 5.38. The minimum atomic E-state index is -0.270. The first-order valence-corrected chi connectivity index (χ1v) is 5.99. The number of hydrogen-bond acceptors (Lipinski definition) is 2. The molecule has 0 aliphatic rings. The van der Waals surface area contributed by atoms with Crippen LogP contribution in [0.1, 0.15) is 15.9 Å². The summed E-state index contributed by atoms with van der Waals surface area (Å²) in [5, 5.41) is 0. The van der Waals surface area contributed by atoms with Crippen molar-refractivity contribution in [2.45, 2.75) is 6.92 Å². The van der Waals surface area contributed by atoms with Crippen LogP contribution in [-0.2, 0) is 0 Å². The van der Waals surface area contributed by atoms with Crippen molar-refractivity contribution in [1.29, 1.82) is 0 Å². The molecule has 1 amide bonds. The molecule has 0 spiro atoms. The van der Waals surface area contributed by atoms with Crippen LogP contribution in [0.25, 0.3) is 0 Å². The van der Waals surface area contributed by atoms with E-state index in [1.54, 1.807) is 29.0 Å². The highest BCUT2D eigenvalue weighted by Gasteiger charge is 2.14. The van der Waals surface area contributed by atoms with Gasteiger partial charge in [-0.05, 0) is 19.1 Å². The van der Waals surface area contributed by atoms with Gasteiger partial charge in [0.05, 0.1) is 7.11 Å². The van der Waals surface area contributed by atoms with Gasteiger partial charge in [-0.1, -0.05) is 6.07 Å². The topological polar surface area (TPSA) is 45.1 Å². The van der Waals surface area contributed by atoms with Crippen LogP contribution in [0.15, 0.2) is 23.2 Å². The lowest BCUT2D eigenvalue weighted by molar-refractivity contribution is 0.0998. The van der Waals surface area contributed by atoms with E-state index in [1.165, 1.54) is 0 Å². The third kappa shape index (κ3) is 3.47. The average molecular weight is 263 g/mol. The SMILES string of the molecule is COc1cccc(C(=O)N=C(N(C)C)N(C)C)c1C. The number of ether oxygens (including phenoxy) is 1. The molecule has 0 fully saturated rings. The molecule has 0 saturated heterocycles. The first-order chi connectivity index (χ1) is 8.88. The Morgan fingerprint density at radius 2 is 1.74 bits per heavy atom. The molecule has 19 heavy (non-hydrogen) atoms. The van der Waals surface area contributed by atoms with E-state index < -0.39 is 0 Å². The highest BCUT2D eigenvalue weighted by atomic mass is 16.5. The van der Waals surface area contributed by atoms with Gasteiger partial charge in [-0.25, -0.2) is 0 Å². The van der Waals surface area contributed by atoms with Gasteiger partial charge in [0.2, 0.25) is 5.96 Å². The van der Waals surface area contributed by atoms with Crippen molar-refractivity contribution < 1.29 is 9.53 Å². The number of carbonyl (C=O) groups excluding carboxylic acids is 1. The molecular formula is C14H21N3O2. The number of aliphatic imine (C=N–C) groups is 1. The molecule has 0 aliphatic carbocycles. The maximum Gasteiger partial charge on any atom is 0.280 e. The molecule has 104 valence electrons. The van der Waals surface area contributed by atoms with Crippen molar-refractivity contribution in [2.24, 2.45) is 4.99 Å². The largest absolute Gasteiger partial charge is 0.496 e. The van der Waals surface area contributed by atoms with Gasteiger partial charge in [0.15, 0.2) is 0 Å². The molecule has 5 nitrogen and oxygen atoms in total. The van der Waals surface area contributed by atoms with Crippen LogP contribution >= 0.6 is 0 Å². The fourth-order valence-electron chi connectivity index (χ4n) is 1.82. The maximum atomic E-state index is 12.3. The van der Waals surface area contributed by atoms with E-state index in [0.29, 0.717) is 17.3 Å². The minimum Gasteiger partial charge on any atom is -0.496 e. The third-order valence-electron chi connectivity index (χ3n) is 2.74. The molecular weight excluding hydrogens is 242 g/mol. The zero-order valence-corrected chi connectivity index (χ0v) is 12.4. The van der Waals surface area contributed by atoms with Crippen molar-refractivity contribution in [3.63, 3.8) is 0 Å². The molecule has 0 N–H and O–H groups in total. The first-order valence-electron chi connectivity index (χ1n) is 5.99. The van der Waals surface area contributed by atoms with E-state index in [2.05, 4.69) is 4.99 Å². The number of amides is 1. The van der Waals surface area contributed by atoms with Gasteiger partial charge in [-0.15, -0.1) is 0 Å². The predicted molar refractivity (Wildman–Crippen MR) is 76.9 cm³/mol. The standard InChI is InChI=1S/C14H21N3O2/c1-10-11(8-7-9-12(10)19-6)13(18)15-14(16(2)3)17(4)5/h7-9H,1-6H3. The fourth-order valence-corrected chi connectivity index (χ4v) is 1.82. The monoisotopic (exact) mass is 263 g/mol. The van der Waals surface area contributed by atoms with Crippen molar-refractivity contribution >= 4 is 11.9 Å². The molecule has 0 aliphatic heterocycles. The van der Waals surface area contributed by atoms with E-state index in [0.717, 1.165) is 5.56 Å². The Morgan fingerprint density at radius 3 is 2.21 bits per heavy atom. The first kappa shape index (κ1) is 15.0. The number of rotatable bonds is 2. The fraction of sp³-hybridized carbons (Fsp3) is 0.429. The summed E-state index contributed by atoms with van der Waals surface area (Å²) in [4.78, 5) is 20.0. The highest BCUT2D eigenvalue weighted by Crippen LogP contribution is 2.21. The Kier molecular flexibility index (Phi) is 4.92. The van der Waals surface area contributed by atoms with Gasteiger partial charge in [-0.3, -0.25) is 4.79 Å². The maximum absolute atomic E-state index is 12.3. The van der Waals surface area contributed by atoms with E-state index in [9.17, 15) is 4.79 Å². The molecule has 1 rings (SSSR count). The van der Waals surface area contributed by atoms with E-state index in [4.69, 9.17) is 4.74 Å². The van der Waals surface area contributed by atoms with Crippen LogP contribution in [-0.4, -0.2) is 57.0 Å². The summed E-state index contributed by atoms with van der Waals surface area (Å²) in [7, 11) is 9.00. The second-order valence-electron chi connectivity index (χ2n) is 4.64. The molecule has 0 unspecified atom stereocenters. The number of carbonyl (C=O) groups is 1. The summed E-state index contributed by atoms with van der Waals surface area (Å²) >= 11 is 0. The molecule has 0 heterocycles.